The van der Waals surface area contributed by atoms with Crippen LogP contribution in [0.4, 0.5) is 13.2 Å². The van der Waals surface area contributed by atoms with Gasteiger partial charge >= 0.3 is 6.36 Å². The Kier molecular flexibility index (Phi) is 4.55. The van der Waals surface area contributed by atoms with E-state index in [4.69, 9.17) is 5.11 Å². The molecule has 18 heavy (non-hydrogen) atoms. The van der Waals surface area contributed by atoms with Gasteiger partial charge in [-0.15, -0.1) is 13.2 Å². The Labute approximate surface area is 101 Å². The minimum absolute atomic E-state index is 0.157. The first kappa shape index (κ1) is 14.3. The zero-order valence-electron chi connectivity index (χ0n) is 9.49. The van der Waals surface area contributed by atoms with Gasteiger partial charge in [-0.1, -0.05) is 18.2 Å². The van der Waals surface area contributed by atoms with Crippen molar-refractivity contribution in [2.75, 3.05) is 0 Å². The Hall–Kier alpha value is -1.76. The van der Waals surface area contributed by atoms with E-state index in [2.05, 4.69) is 10.1 Å². The van der Waals surface area contributed by atoms with Crippen molar-refractivity contribution in [2.45, 2.75) is 25.9 Å². The molecular weight excluding hydrogens is 251 g/mol. The number of ether oxygens (including phenoxy) is 1. The van der Waals surface area contributed by atoms with Gasteiger partial charge in [0.05, 0.1) is 0 Å². The standard InChI is InChI=1S/C11H12F3NO3/c1-7(16)10(17)15-6-8-4-2-3-5-9(8)18-11(12,13)14/h2-5,7,16H,6H2,1H3,(H,15,17). The number of hydrogen-bond donors (Lipinski definition) is 2. The van der Waals surface area contributed by atoms with E-state index < -0.39 is 18.4 Å². The number of carbonyl (C=O) groups is 1. The van der Waals surface area contributed by atoms with Crippen molar-refractivity contribution in [3.05, 3.63) is 29.8 Å². The molecule has 0 aliphatic carbocycles. The molecule has 0 saturated heterocycles. The minimum Gasteiger partial charge on any atom is -0.405 e. The number of carbonyl (C=O) groups excluding carboxylic acids is 1. The Bertz CT molecular complexity index is 418. The molecule has 0 fully saturated rings. The van der Waals surface area contributed by atoms with Gasteiger partial charge in [-0.25, -0.2) is 0 Å². The number of halogens is 3. The molecule has 4 nitrogen and oxygen atoms in total. The van der Waals surface area contributed by atoms with Crippen molar-refractivity contribution in [3.63, 3.8) is 0 Å². The van der Waals surface area contributed by atoms with Crippen LogP contribution < -0.4 is 10.1 Å². The highest BCUT2D eigenvalue weighted by Crippen LogP contribution is 2.25. The zero-order chi connectivity index (χ0) is 13.8. The number of aliphatic hydroxyl groups excluding tert-OH is 1. The third-order valence-electron chi connectivity index (χ3n) is 2.03. The van der Waals surface area contributed by atoms with Crippen LogP contribution in [0.15, 0.2) is 24.3 Å². The molecular formula is C11H12F3NO3. The lowest BCUT2D eigenvalue weighted by Crippen LogP contribution is -2.32. The molecule has 1 rings (SSSR count). The van der Waals surface area contributed by atoms with Crippen LogP contribution in [-0.4, -0.2) is 23.5 Å². The monoisotopic (exact) mass is 263 g/mol. The summed E-state index contributed by atoms with van der Waals surface area (Å²) in [5.74, 6) is -1.05. The van der Waals surface area contributed by atoms with Crippen molar-refractivity contribution in [2.24, 2.45) is 0 Å². The summed E-state index contributed by atoms with van der Waals surface area (Å²) < 4.78 is 40.1. The molecule has 1 aromatic rings. The first-order chi connectivity index (χ1) is 8.29. The molecule has 0 aliphatic rings. The van der Waals surface area contributed by atoms with Gasteiger partial charge in [0.25, 0.3) is 0 Å². The maximum Gasteiger partial charge on any atom is 0.573 e. The fourth-order valence-electron chi connectivity index (χ4n) is 1.20. The van der Waals surface area contributed by atoms with Crippen LogP contribution in [0.2, 0.25) is 0 Å². The summed E-state index contributed by atoms with van der Waals surface area (Å²) in [4.78, 5) is 11.1. The molecule has 1 aromatic carbocycles. The smallest absolute Gasteiger partial charge is 0.405 e. The van der Waals surface area contributed by atoms with E-state index in [9.17, 15) is 18.0 Å². The Morgan fingerprint density at radius 2 is 2.06 bits per heavy atom. The second-order valence-corrected chi connectivity index (χ2v) is 3.55. The third kappa shape index (κ3) is 4.62. The molecule has 1 atom stereocenters. The Balaban J connectivity index is 2.74. The largest absolute Gasteiger partial charge is 0.573 e. The second-order valence-electron chi connectivity index (χ2n) is 3.55. The number of rotatable bonds is 4. The van der Waals surface area contributed by atoms with E-state index in [1.54, 1.807) is 0 Å². The van der Waals surface area contributed by atoms with Crippen molar-refractivity contribution >= 4 is 5.91 Å². The van der Waals surface area contributed by atoms with Gasteiger partial charge in [0.15, 0.2) is 0 Å². The van der Waals surface area contributed by atoms with Crippen LogP contribution >= 0.6 is 0 Å². The number of amides is 1. The average molecular weight is 263 g/mol. The van der Waals surface area contributed by atoms with Crippen LogP contribution in [0.1, 0.15) is 12.5 Å². The molecule has 1 unspecified atom stereocenters. The number of benzene rings is 1. The van der Waals surface area contributed by atoms with Gasteiger partial charge in [0.1, 0.15) is 11.9 Å². The van der Waals surface area contributed by atoms with Crippen LogP contribution in [0.5, 0.6) is 5.75 Å². The van der Waals surface area contributed by atoms with Crippen LogP contribution in [0.3, 0.4) is 0 Å². The lowest BCUT2D eigenvalue weighted by molar-refractivity contribution is -0.274. The van der Waals surface area contributed by atoms with Crippen LogP contribution in [-0.2, 0) is 11.3 Å². The minimum atomic E-state index is -4.79. The van der Waals surface area contributed by atoms with Gasteiger partial charge in [-0.2, -0.15) is 0 Å². The predicted octanol–water partition coefficient (Wildman–Crippen LogP) is 1.58. The maximum absolute atomic E-state index is 12.1. The van der Waals surface area contributed by atoms with E-state index in [0.29, 0.717) is 0 Å². The zero-order valence-corrected chi connectivity index (χ0v) is 9.49. The van der Waals surface area contributed by atoms with Gasteiger partial charge in [-0.05, 0) is 13.0 Å². The first-order valence-corrected chi connectivity index (χ1v) is 5.09. The summed E-state index contributed by atoms with van der Waals surface area (Å²) in [6.07, 6.45) is -6.01. The van der Waals surface area contributed by atoms with Crippen molar-refractivity contribution in [3.8, 4) is 5.75 Å². The Morgan fingerprint density at radius 1 is 1.44 bits per heavy atom. The van der Waals surface area contributed by atoms with Gasteiger partial charge in [-0.3, -0.25) is 4.79 Å². The highest BCUT2D eigenvalue weighted by atomic mass is 19.4. The van der Waals surface area contributed by atoms with Crippen LogP contribution in [0.25, 0.3) is 0 Å². The highest BCUT2D eigenvalue weighted by Gasteiger charge is 2.31. The highest BCUT2D eigenvalue weighted by molar-refractivity contribution is 5.79. The normalized spacial score (nSPS) is 12.9. The molecule has 2 N–H and O–H groups in total. The number of alkyl halides is 3. The molecule has 0 saturated carbocycles. The van der Waals surface area contributed by atoms with Gasteiger partial charge < -0.3 is 15.2 Å². The van der Waals surface area contributed by atoms with E-state index in [-0.39, 0.29) is 17.9 Å². The van der Waals surface area contributed by atoms with E-state index in [1.807, 2.05) is 0 Å². The summed E-state index contributed by atoms with van der Waals surface area (Å²) >= 11 is 0. The van der Waals surface area contributed by atoms with Crippen molar-refractivity contribution in [1.82, 2.24) is 5.32 Å². The molecule has 0 aromatic heterocycles. The second kappa shape index (κ2) is 5.72. The van der Waals surface area contributed by atoms with E-state index in [1.165, 1.54) is 25.1 Å². The molecule has 0 bridgehead atoms. The summed E-state index contributed by atoms with van der Waals surface area (Å²) in [7, 11) is 0. The molecule has 0 aliphatic heterocycles. The SMILES string of the molecule is CC(O)C(=O)NCc1ccccc1OC(F)(F)F. The summed E-state index contributed by atoms with van der Waals surface area (Å²) in [6.45, 7) is 1.10. The molecule has 1 amide bonds. The summed E-state index contributed by atoms with van der Waals surface area (Å²) in [5, 5.41) is 11.2. The summed E-state index contributed by atoms with van der Waals surface area (Å²) in [6, 6.07) is 5.45. The first-order valence-electron chi connectivity index (χ1n) is 5.09. The van der Waals surface area contributed by atoms with Crippen LogP contribution in [0, 0.1) is 0 Å². The third-order valence-corrected chi connectivity index (χ3v) is 2.03. The lowest BCUT2D eigenvalue weighted by atomic mass is 10.2. The Morgan fingerprint density at radius 3 is 2.61 bits per heavy atom. The quantitative estimate of drug-likeness (QED) is 0.867. The fraction of sp³-hybridized carbons (Fsp3) is 0.364. The van der Waals surface area contributed by atoms with Crippen molar-refractivity contribution in [1.29, 1.82) is 0 Å². The fourth-order valence-corrected chi connectivity index (χ4v) is 1.20. The van der Waals surface area contributed by atoms with E-state index in [0.717, 1.165) is 6.07 Å². The average Bonchev–Trinajstić information content (AvgIpc) is 2.25. The van der Waals surface area contributed by atoms with Gasteiger partial charge in [0, 0.05) is 12.1 Å². The molecule has 0 heterocycles. The molecule has 100 valence electrons. The van der Waals surface area contributed by atoms with E-state index >= 15 is 0 Å². The number of hydrogen-bond acceptors (Lipinski definition) is 3. The maximum atomic E-state index is 12.1. The molecule has 0 radical (unpaired) electrons. The molecule has 0 spiro atoms. The number of para-hydroxylation sites is 1. The predicted molar refractivity (Wildman–Crippen MR) is 56.7 cm³/mol. The topological polar surface area (TPSA) is 58.6 Å². The lowest BCUT2D eigenvalue weighted by Gasteiger charge is -2.14. The number of nitrogens with one attached hydrogen (secondary N) is 1. The summed E-state index contributed by atoms with van der Waals surface area (Å²) in [5.41, 5.74) is 0.170. The number of aliphatic hydroxyl groups is 1. The van der Waals surface area contributed by atoms with Gasteiger partial charge in [0.2, 0.25) is 5.91 Å². The molecule has 7 heteroatoms. The van der Waals surface area contributed by atoms with Crippen molar-refractivity contribution < 1.29 is 27.8 Å².